The Labute approximate surface area is 159 Å². The first kappa shape index (κ1) is 20.6. The Hall–Kier alpha value is -0.710. The summed E-state index contributed by atoms with van der Waals surface area (Å²) < 4.78 is 27.6. The highest BCUT2D eigenvalue weighted by Crippen LogP contribution is 2.28. The smallest absolute Gasteiger partial charge is 0.252 e. The number of nitrogens with one attached hydrogen (secondary N) is 2. The van der Waals surface area contributed by atoms with E-state index in [0.29, 0.717) is 29.9 Å². The Morgan fingerprint density at radius 2 is 2.04 bits per heavy atom. The number of thiophene rings is 1. The van der Waals surface area contributed by atoms with Gasteiger partial charge in [-0.3, -0.25) is 9.69 Å². The van der Waals surface area contributed by atoms with Crippen molar-refractivity contribution < 1.29 is 13.2 Å². The molecule has 10 heteroatoms. The quantitative estimate of drug-likeness (QED) is 0.740. The minimum absolute atomic E-state index is 0. The van der Waals surface area contributed by atoms with E-state index in [9.17, 15) is 13.2 Å². The molecule has 1 aromatic heterocycles. The molecule has 142 valence electrons. The van der Waals surface area contributed by atoms with Crippen LogP contribution in [0.5, 0.6) is 0 Å². The second-order valence-electron chi connectivity index (χ2n) is 6.22. The van der Waals surface area contributed by atoms with Crippen LogP contribution >= 0.6 is 23.7 Å². The summed E-state index contributed by atoms with van der Waals surface area (Å²) in [5, 5.41) is 6.02. The highest BCUT2D eigenvalue weighted by molar-refractivity contribution is 7.91. The molecule has 1 aromatic rings. The van der Waals surface area contributed by atoms with Crippen LogP contribution in [-0.4, -0.2) is 68.8 Å². The van der Waals surface area contributed by atoms with Crippen molar-refractivity contribution in [1.29, 1.82) is 0 Å². The molecule has 2 N–H and O–H groups in total. The SMILES string of the molecule is CC(=O)NCc1ccc(S(=O)(=O)N2CCC(N3CCNCC3)C2)s1.Cl. The summed E-state index contributed by atoms with van der Waals surface area (Å²) in [4.78, 5) is 14.2. The highest BCUT2D eigenvalue weighted by atomic mass is 35.5. The lowest BCUT2D eigenvalue weighted by Gasteiger charge is -2.32. The average molecular weight is 409 g/mol. The van der Waals surface area contributed by atoms with E-state index in [4.69, 9.17) is 0 Å². The second kappa shape index (κ2) is 8.79. The summed E-state index contributed by atoms with van der Waals surface area (Å²) in [5.74, 6) is -0.119. The van der Waals surface area contributed by atoms with E-state index in [2.05, 4.69) is 15.5 Å². The number of nitrogens with zero attached hydrogens (tertiary/aromatic N) is 2. The number of carbonyl (C=O) groups excluding carboxylic acids is 1. The van der Waals surface area contributed by atoms with Crippen molar-refractivity contribution in [1.82, 2.24) is 19.8 Å². The average Bonchev–Trinajstić information content (AvgIpc) is 3.24. The van der Waals surface area contributed by atoms with Crippen molar-refractivity contribution in [3.8, 4) is 0 Å². The summed E-state index contributed by atoms with van der Waals surface area (Å²) in [7, 11) is -3.43. The Bertz CT molecular complexity index is 689. The van der Waals surface area contributed by atoms with E-state index in [-0.39, 0.29) is 18.3 Å². The molecule has 0 saturated carbocycles. The van der Waals surface area contributed by atoms with Crippen LogP contribution in [0.2, 0.25) is 0 Å². The molecule has 0 radical (unpaired) electrons. The van der Waals surface area contributed by atoms with Crippen LogP contribution in [0, 0.1) is 0 Å². The molecule has 3 heterocycles. The van der Waals surface area contributed by atoms with Gasteiger partial charge in [-0.25, -0.2) is 8.42 Å². The molecule has 0 bridgehead atoms. The number of carbonyl (C=O) groups is 1. The van der Waals surface area contributed by atoms with Gasteiger partial charge in [0.25, 0.3) is 10.0 Å². The second-order valence-corrected chi connectivity index (χ2v) is 9.56. The Balaban J connectivity index is 0.00000225. The lowest BCUT2D eigenvalue weighted by molar-refractivity contribution is -0.119. The summed E-state index contributed by atoms with van der Waals surface area (Å²) in [6, 6.07) is 3.74. The fraction of sp³-hybridized carbons (Fsp3) is 0.667. The van der Waals surface area contributed by atoms with Gasteiger partial charge in [-0.05, 0) is 18.6 Å². The first-order valence-electron chi connectivity index (χ1n) is 8.25. The van der Waals surface area contributed by atoms with Gasteiger partial charge in [0.15, 0.2) is 0 Å². The molecule has 2 aliphatic heterocycles. The number of amides is 1. The van der Waals surface area contributed by atoms with Gasteiger partial charge in [-0.2, -0.15) is 4.31 Å². The van der Waals surface area contributed by atoms with E-state index >= 15 is 0 Å². The van der Waals surface area contributed by atoms with Crippen molar-refractivity contribution >= 4 is 39.7 Å². The molecule has 2 fully saturated rings. The lowest BCUT2D eigenvalue weighted by atomic mass is 10.2. The van der Waals surface area contributed by atoms with Crippen molar-refractivity contribution in [2.45, 2.75) is 30.1 Å². The molecule has 1 amide bonds. The van der Waals surface area contributed by atoms with Crippen molar-refractivity contribution in [2.75, 3.05) is 39.3 Å². The monoisotopic (exact) mass is 408 g/mol. The molecular weight excluding hydrogens is 384 g/mol. The Kier molecular flexibility index (Phi) is 7.24. The molecule has 7 nitrogen and oxygen atoms in total. The summed E-state index contributed by atoms with van der Waals surface area (Å²) in [6.07, 6.45) is 0.892. The van der Waals surface area contributed by atoms with E-state index in [1.807, 2.05) is 0 Å². The van der Waals surface area contributed by atoms with Crippen LogP contribution in [0.3, 0.4) is 0 Å². The molecular formula is C15H25ClN4O3S2. The fourth-order valence-corrected chi connectivity index (χ4v) is 6.15. The van der Waals surface area contributed by atoms with E-state index in [1.54, 1.807) is 16.4 Å². The third-order valence-corrected chi connectivity index (χ3v) is 7.95. The van der Waals surface area contributed by atoms with Crippen LogP contribution in [-0.2, 0) is 21.4 Å². The van der Waals surface area contributed by atoms with Gasteiger partial charge in [0.1, 0.15) is 4.21 Å². The van der Waals surface area contributed by atoms with Gasteiger partial charge >= 0.3 is 0 Å². The van der Waals surface area contributed by atoms with Crippen LogP contribution < -0.4 is 10.6 Å². The number of hydrogen-bond acceptors (Lipinski definition) is 6. The topological polar surface area (TPSA) is 81.8 Å². The van der Waals surface area contributed by atoms with Gasteiger partial charge in [0, 0.05) is 57.1 Å². The third-order valence-electron chi connectivity index (χ3n) is 4.54. The van der Waals surface area contributed by atoms with Gasteiger partial charge in [-0.15, -0.1) is 23.7 Å². The molecule has 0 spiro atoms. The summed E-state index contributed by atoms with van der Waals surface area (Å²) in [6.45, 7) is 6.89. The number of rotatable bonds is 5. The van der Waals surface area contributed by atoms with E-state index in [1.165, 1.54) is 18.3 Å². The molecule has 0 aromatic carbocycles. The predicted octanol–water partition coefficient (Wildman–Crippen LogP) is 0.474. The fourth-order valence-electron chi connectivity index (χ4n) is 3.20. The van der Waals surface area contributed by atoms with Crippen molar-refractivity contribution in [2.24, 2.45) is 0 Å². The lowest BCUT2D eigenvalue weighted by Crippen LogP contribution is -2.49. The Morgan fingerprint density at radius 1 is 1.32 bits per heavy atom. The first-order valence-corrected chi connectivity index (χ1v) is 10.5. The molecule has 2 aliphatic rings. The largest absolute Gasteiger partial charge is 0.351 e. The van der Waals surface area contributed by atoms with Gasteiger partial charge in [0.05, 0.1) is 6.54 Å². The maximum Gasteiger partial charge on any atom is 0.252 e. The minimum atomic E-state index is -3.43. The summed E-state index contributed by atoms with van der Waals surface area (Å²) >= 11 is 1.24. The van der Waals surface area contributed by atoms with E-state index < -0.39 is 10.0 Å². The van der Waals surface area contributed by atoms with Crippen LogP contribution in [0.15, 0.2) is 16.3 Å². The number of sulfonamides is 1. The molecule has 3 rings (SSSR count). The summed E-state index contributed by atoms with van der Waals surface area (Å²) in [5.41, 5.74) is 0. The maximum absolute atomic E-state index is 12.8. The highest BCUT2D eigenvalue weighted by Gasteiger charge is 2.36. The standard InChI is InChI=1S/C15H24N4O3S2.ClH/c1-12(20)17-10-14-2-3-15(23-14)24(21,22)19-7-4-13(11-19)18-8-5-16-6-9-18;/h2-3,13,16H,4-11H2,1H3,(H,17,20);1H. The zero-order valence-corrected chi connectivity index (χ0v) is 16.7. The zero-order chi connectivity index (χ0) is 17.2. The van der Waals surface area contributed by atoms with Gasteiger partial charge in [0.2, 0.25) is 5.91 Å². The van der Waals surface area contributed by atoms with Crippen LogP contribution in [0.1, 0.15) is 18.2 Å². The maximum atomic E-state index is 12.8. The Morgan fingerprint density at radius 3 is 2.72 bits per heavy atom. The molecule has 25 heavy (non-hydrogen) atoms. The number of piperazine rings is 1. The zero-order valence-electron chi connectivity index (χ0n) is 14.2. The van der Waals surface area contributed by atoms with Gasteiger partial charge < -0.3 is 10.6 Å². The van der Waals surface area contributed by atoms with Crippen molar-refractivity contribution in [3.05, 3.63) is 17.0 Å². The van der Waals surface area contributed by atoms with Crippen molar-refractivity contribution in [3.63, 3.8) is 0 Å². The van der Waals surface area contributed by atoms with Crippen LogP contribution in [0.25, 0.3) is 0 Å². The normalized spacial score (nSPS) is 22.5. The predicted molar refractivity (Wildman–Crippen MR) is 101 cm³/mol. The molecule has 1 atom stereocenters. The number of halogens is 1. The molecule has 2 saturated heterocycles. The first-order chi connectivity index (χ1) is 11.5. The van der Waals surface area contributed by atoms with Gasteiger partial charge in [-0.1, -0.05) is 0 Å². The number of hydrogen-bond donors (Lipinski definition) is 2. The minimum Gasteiger partial charge on any atom is -0.351 e. The third kappa shape index (κ3) is 4.93. The van der Waals surface area contributed by atoms with E-state index in [0.717, 1.165) is 37.5 Å². The molecule has 1 unspecified atom stereocenters. The van der Waals surface area contributed by atoms with Crippen LogP contribution in [0.4, 0.5) is 0 Å². The molecule has 0 aliphatic carbocycles.